The van der Waals surface area contributed by atoms with Gasteiger partial charge >= 0.3 is 0 Å². The fraction of sp³-hybridized carbons (Fsp3) is 0.0625. The molecule has 3 N–H and O–H groups in total. The number of ether oxygens (including phenoxy) is 1. The van der Waals surface area contributed by atoms with Crippen LogP contribution in [0.5, 0.6) is 5.75 Å². The quantitative estimate of drug-likeness (QED) is 0.510. The highest BCUT2D eigenvalue weighted by Crippen LogP contribution is 2.20. The monoisotopic (exact) mass is 431 g/mol. The molecule has 136 valence electrons. The normalized spacial score (nSPS) is 9.96. The number of carbonyl (C=O) groups is 2. The lowest BCUT2D eigenvalue weighted by atomic mass is 10.2. The van der Waals surface area contributed by atoms with E-state index in [-0.39, 0.29) is 22.3 Å². The number of hydrogen-bond donors (Lipinski definition) is 3. The van der Waals surface area contributed by atoms with E-state index in [1.807, 2.05) is 0 Å². The van der Waals surface area contributed by atoms with Crippen molar-refractivity contribution in [3.63, 3.8) is 0 Å². The van der Waals surface area contributed by atoms with Crippen molar-refractivity contribution in [2.24, 2.45) is 0 Å². The largest absolute Gasteiger partial charge is 0.484 e. The average molecular weight is 433 g/mol. The third kappa shape index (κ3) is 6.34. The number of rotatable bonds is 4. The van der Waals surface area contributed by atoms with E-state index in [1.54, 1.807) is 24.3 Å². The molecule has 2 amide bonds. The van der Waals surface area contributed by atoms with Crippen molar-refractivity contribution < 1.29 is 14.3 Å². The maximum Gasteiger partial charge on any atom is 0.276 e. The molecule has 0 fully saturated rings. The lowest BCUT2D eigenvalue weighted by molar-refractivity contribution is -0.123. The molecular weight excluding hydrogens is 421 g/mol. The zero-order chi connectivity index (χ0) is 19.1. The van der Waals surface area contributed by atoms with E-state index in [0.717, 1.165) is 0 Å². The van der Waals surface area contributed by atoms with Crippen LogP contribution >= 0.6 is 47.0 Å². The van der Waals surface area contributed by atoms with E-state index < -0.39 is 11.8 Å². The summed E-state index contributed by atoms with van der Waals surface area (Å²) in [6.45, 7) is -0.256. The average Bonchev–Trinajstić information content (AvgIpc) is 2.59. The second kappa shape index (κ2) is 9.59. The molecule has 0 aliphatic carbocycles. The van der Waals surface area contributed by atoms with E-state index in [1.165, 1.54) is 18.2 Å². The molecule has 10 heteroatoms. The number of halogens is 3. The van der Waals surface area contributed by atoms with Crippen molar-refractivity contribution in [1.29, 1.82) is 0 Å². The van der Waals surface area contributed by atoms with Gasteiger partial charge in [-0.05, 0) is 54.7 Å². The Morgan fingerprint density at radius 1 is 0.962 bits per heavy atom. The maximum atomic E-state index is 12.1. The summed E-state index contributed by atoms with van der Waals surface area (Å²) < 4.78 is 5.26. The first kappa shape index (κ1) is 20.3. The molecule has 26 heavy (non-hydrogen) atoms. The molecule has 6 nitrogen and oxygen atoms in total. The highest BCUT2D eigenvalue weighted by molar-refractivity contribution is 7.80. The summed E-state index contributed by atoms with van der Waals surface area (Å²) in [6.07, 6.45) is 0. The van der Waals surface area contributed by atoms with Crippen molar-refractivity contribution >= 4 is 63.9 Å². The van der Waals surface area contributed by atoms with Crippen LogP contribution in [0.2, 0.25) is 15.1 Å². The minimum Gasteiger partial charge on any atom is -0.484 e. The van der Waals surface area contributed by atoms with Crippen LogP contribution in [0.1, 0.15) is 10.4 Å². The Morgan fingerprint density at radius 3 is 2.27 bits per heavy atom. The highest BCUT2D eigenvalue weighted by atomic mass is 35.5. The Hall–Kier alpha value is -2.06. The molecule has 0 aliphatic rings. The van der Waals surface area contributed by atoms with Crippen molar-refractivity contribution in [2.75, 3.05) is 6.61 Å². The van der Waals surface area contributed by atoms with Crippen LogP contribution in [-0.2, 0) is 4.79 Å². The molecule has 0 bridgehead atoms. The molecule has 2 rings (SSSR count). The summed E-state index contributed by atoms with van der Waals surface area (Å²) in [6, 6.07) is 11.0. The predicted molar refractivity (Wildman–Crippen MR) is 105 cm³/mol. The Balaban J connectivity index is 1.76. The van der Waals surface area contributed by atoms with Gasteiger partial charge in [-0.3, -0.25) is 25.8 Å². The molecule has 0 saturated carbocycles. The van der Waals surface area contributed by atoms with Crippen LogP contribution in [0.15, 0.2) is 42.5 Å². The van der Waals surface area contributed by atoms with Gasteiger partial charge in [0.2, 0.25) is 0 Å². The standard InChI is InChI=1S/C16H12Cl3N3O3S/c17-9-1-4-11(5-2-9)25-8-14(23)21-22-16(26)20-15(24)12-6-3-10(18)7-13(12)19/h1-7H,8H2,(H,21,23)(H2,20,22,24,26). The van der Waals surface area contributed by atoms with Gasteiger partial charge < -0.3 is 4.74 Å². The summed E-state index contributed by atoms with van der Waals surface area (Å²) in [5.74, 6) is -0.560. The van der Waals surface area contributed by atoms with Crippen molar-refractivity contribution in [2.45, 2.75) is 0 Å². The van der Waals surface area contributed by atoms with Crippen LogP contribution in [0.25, 0.3) is 0 Å². The first-order valence-electron chi connectivity index (χ1n) is 7.09. The van der Waals surface area contributed by atoms with Crippen molar-refractivity contribution in [3.8, 4) is 5.75 Å². The van der Waals surface area contributed by atoms with E-state index in [2.05, 4.69) is 16.2 Å². The van der Waals surface area contributed by atoms with Gasteiger partial charge in [-0.2, -0.15) is 0 Å². The van der Waals surface area contributed by atoms with Gasteiger partial charge in [0, 0.05) is 10.0 Å². The number of hydrogen-bond acceptors (Lipinski definition) is 4. The summed E-state index contributed by atoms with van der Waals surface area (Å²) in [5.41, 5.74) is 4.88. The number of amides is 2. The Labute approximate surface area is 169 Å². The first-order chi connectivity index (χ1) is 12.3. The van der Waals surface area contributed by atoms with Gasteiger partial charge in [0.15, 0.2) is 11.7 Å². The first-order valence-corrected chi connectivity index (χ1v) is 8.63. The van der Waals surface area contributed by atoms with Gasteiger partial charge in [0.25, 0.3) is 11.8 Å². The molecule has 0 radical (unpaired) electrons. The number of benzene rings is 2. The molecule has 0 unspecified atom stereocenters. The Morgan fingerprint density at radius 2 is 1.62 bits per heavy atom. The van der Waals surface area contributed by atoms with Crippen LogP contribution in [0.3, 0.4) is 0 Å². The summed E-state index contributed by atoms with van der Waals surface area (Å²) in [7, 11) is 0. The lowest BCUT2D eigenvalue weighted by Gasteiger charge is -2.12. The minimum atomic E-state index is -0.546. The number of carbonyl (C=O) groups excluding carboxylic acids is 2. The maximum absolute atomic E-state index is 12.1. The summed E-state index contributed by atoms with van der Waals surface area (Å²) >= 11 is 22.4. The molecule has 0 spiro atoms. The fourth-order valence-electron chi connectivity index (χ4n) is 1.72. The van der Waals surface area contributed by atoms with Gasteiger partial charge in [-0.1, -0.05) is 34.8 Å². The SMILES string of the molecule is O=C(COc1ccc(Cl)cc1)NNC(=S)NC(=O)c1ccc(Cl)cc1Cl. The number of thiocarbonyl (C=S) groups is 1. The predicted octanol–water partition coefficient (Wildman–Crippen LogP) is 3.36. The molecule has 0 saturated heterocycles. The smallest absolute Gasteiger partial charge is 0.276 e. The van der Waals surface area contributed by atoms with E-state index in [4.69, 9.17) is 51.8 Å². The summed E-state index contributed by atoms with van der Waals surface area (Å²) in [4.78, 5) is 23.8. The van der Waals surface area contributed by atoms with E-state index in [9.17, 15) is 9.59 Å². The Kier molecular flexibility index (Phi) is 7.47. The topological polar surface area (TPSA) is 79.5 Å². The van der Waals surface area contributed by atoms with Gasteiger partial charge in [-0.15, -0.1) is 0 Å². The molecule has 2 aromatic rings. The van der Waals surface area contributed by atoms with Crippen molar-refractivity contribution in [3.05, 3.63) is 63.1 Å². The van der Waals surface area contributed by atoms with E-state index in [0.29, 0.717) is 15.8 Å². The molecule has 0 heterocycles. The van der Waals surface area contributed by atoms with Gasteiger partial charge in [0.05, 0.1) is 10.6 Å². The number of hydrazine groups is 1. The third-order valence-corrected chi connectivity index (χ3v) is 3.91. The molecule has 2 aromatic carbocycles. The van der Waals surface area contributed by atoms with Gasteiger partial charge in [0.1, 0.15) is 5.75 Å². The van der Waals surface area contributed by atoms with Crippen LogP contribution in [-0.4, -0.2) is 23.5 Å². The van der Waals surface area contributed by atoms with E-state index >= 15 is 0 Å². The number of nitrogens with one attached hydrogen (secondary N) is 3. The zero-order valence-electron chi connectivity index (χ0n) is 13.0. The minimum absolute atomic E-state index is 0.110. The molecule has 0 aliphatic heterocycles. The van der Waals surface area contributed by atoms with Crippen LogP contribution < -0.4 is 20.9 Å². The van der Waals surface area contributed by atoms with Crippen molar-refractivity contribution in [1.82, 2.24) is 16.2 Å². The molecular formula is C16H12Cl3N3O3S. The molecule has 0 atom stereocenters. The second-order valence-corrected chi connectivity index (χ2v) is 6.51. The second-order valence-electron chi connectivity index (χ2n) is 4.82. The highest BCUT2D eigenvalue weighted by Gasteiger charge is 2.12. The fourth-order valence-corrected chi connectivity index (χ4v) is 2.48. The Bertz CT molecular complexity index is 831. The molecule has 0 aromatic heterocycles. The third-order valence-electron chi connectivity index (χ3n) is 2.90. The summed E-state index contributed by atoms with van der Waals surface area (Å²) in [5, 5.41) is 3.41. The zero-order valence-corrected chi connectivity index (χ0v) is 16.1. The van der Waals surface area contributed by atoms with Crippen LogP contribution in [0.4, 0.5) is 0 Å². The van der Waals surface area contributed by atoms with Gasteiger partial charge in [-0.25, -0.2) is 0 Å². The van der Waals surface area contributed by atoms with Crippen LogP contribution in [0, 0.1) is 0 Å². The lowest BCUT2D eigenvalue weighted by Crippen LogP contribution is -2.49.